The minimum atomic E-state index is -4.38. The third-order valence-corrected chi connectivity index (χ3v) is 3.53. The van der Waals surface area contributed by atoms with E-state index in [1.54, 1.807) is 18.2 Å². The van der Waals surface area contributed by atoms with Crippen molar-refractivity contribution >= 4 is 29.1 Å². The molecule has 2 nitrogen and oxygen atoms in total. The minimum absolute atomic E-state index is 0.432. The van der Waals surface area contributed by atoms with Crippen LogP contribution < -0.4 is 5.73 Å². The number of alkyl halides is 3. The molecule has 0 fully saturated rings. The summed E-state index contributed by atoms with van der Waals surface area (Å²) in [7, 11) is 0. The summed E-state index contributed by atoms with van der Waals surface area (Å²) in [6.07, 6.45) is -3.58. The molecule has 0 bridgehead atoms. The first-order valence-corrected chi connectivity index (χ1v) is 6.32. The molecule has 0 amide bonds. The second kappa shape index (κ2) is 5.30. The van der Waals surface area contributed by atoms with Crippen molar-refractivity contribution < 1.29 is 13.2 Å². The van der Waals surface area contributed by atoms with E-state index < -0.39 is 11.7 Å². The SMILES string of the molecule is Nc1cc(Cl)ccc1Sc1ccc(C(F)(F)F)cn1. The summed E-state index contributed by atoms with van der Waals surface area (Å²) < 4.78 is 37.1. The Labute approximate surface area is 116 Å². The fourth-order valence-corrected chi connectivity index (χ4v) is 2.29. The topological polar surface area (TPSA) is 38.9 Å². The molecular formula is C12H8ClF3N2S. The number of hydrogen-bond donors (Lipinski definition) is 1. The zero-order valence-electron chi connectivity index (χ0n) is 9.41. The molecule has 0 spiro atoms. The van der Waals surface area contributed by atoms with E-state index >= 15 is 0 Å². The average molecular weight is 305 g/mol. The fourth-order valence-electron chi connectivity index (χ4n) is 1.33. The predicted molar refractivity (Wildman–Crippen MR) is 69.2 cm³/mol. The van der Waals surface area contributed by atoms with E-state index in [-0.39, 0.29) is 0 Å². The highest BCUT2D eigenvalue weighted by atomic mass is 35.5. The van der Waals surface area contributed by atoms with Crippen LogP contribution in [0.5, 0.6) is 0 Å². The van der Waals surface area contributed by atoms with Gasteiger partial charge in [-0.1, -0.05) is 23.4 Å². The van der Waals surface area contributed by atoms with Crippen molar-refractivity contribution in [3.63, 3.8) is 0 Å². The maximum Gasteiger partial charge on any atom is 0.417 e. The van der Waals surface area contributed by atoms with E-state index in [1.165, 1.54) is 17.8 Å². The molecule has 1 aromatic heterocycles. The zero-order chi connectivity index (χ0) is 14.0. The number of pyridine rings is 1. The van der Waals surface area contributed by atoms with Gasteiger partial charge in [0, 0.05) is 21.8 Å². The summed E-state index contributed by atoms with van der Waals surface area (Å²) in [5.74, 6) is 0. The number of benzene rings is 1. The lowest BCUT2D eigenvalue weighted by atomic mass is 10.3. The number of nitrogen functional groups attached to an aromatic ring is 1. The van der Waals surface area contributed by atoms with Gasteiger partial charge >= 0.3 is 6.18 Å². The average Bonchev–Trinajstić information content (AvgIpc) is 2.32. The normalized spacial score (nSPS) is 11.6. The molecular weight excluding hydrogens is 297 g/mol. The summed E-state index contributed by atoms with van der Waals surface area (Å²) in [4.78, 5) is 4.45. The van der Waals surface area contributed by atoms with Crippen molar-refractivity contribution in [3.05, 3.63) is 47.1 Å². The molecule has 0 saturated heterocycles. The van der Waals surface area contributed by atoms with Gasteiger partial charge in [-0.2, -0.15) is 13.2 Å². The number of halogens is 4. The Morgan fingerprint density at radius 2 is 1.89 bits per heavy atom. The molecule has 2 aromatic rings. The van der Waals surface area contributed by atoms with Crippen LogP contribution in [-0.2, 0) is 6.18 Å². The first kappa shape index (κ1) is 14.0. The Morgan fingerprint density at radius 1 is 1.16 bits per heavy atom. The second-order valence-electron chi connectivity index (χ2n) is 3.67. The van der Waals surface area contributed by atoms with Crippen molar-refractivity contribution in [2.45, 2.75) is 16.1 Å². The van der Waals surface area contributed by atoms with Crippen LogP contribution in [0.1, 0.15) is 5.56 Å². The smallest absolute Gasteiger partial charge is 0.398 e. The highest BCUT2D eigenvalue weighted by Crippen LogP contribution is 2.34. The van der Waals surface area contributed by atoms with E-state index in [0.29, 0.717) is 20.6 Å². The van der Waals surface area contributed by atoms with Gasteiger partial charge in [-0.15, -0.1) is 0 Å². The molecule has 0 aliphatic carbocycles. The van der Waals surface area contributed by atoms with Gasteiger partial charge in [0.25, 0.3) is 0 Å². The molecule has 0 saturated carbocycles. The first-order chi connectivity index (χ1) is 8.86. The summed E-state index contributed by atoms with van der Waals surface area (Å²) in [5.41, 5.74) is 5.44. The van der Waals surface area contributed by atoms with Gasteiger partial charge in [-0.3, -0.25) is 0 Å². The lowest BCUT2D eigenvalue weighted by molar-refractivity contribution is -0.137. The van der Waals surface area contributed by atoms with E-state index in [2.05, 4.69) is 4.98 Å². The molecule has 2 rings (SSSR count). The molecule has 0 radical (unpaired) electrons. The number of nitrogens with two attached hydrogens (primary N) is 1. The van der Waals surface area contributed by atoms with Crippen molar-refractivity contribution in [3.8, 4) is 0 Å². The third kappa shape index (κ3) is 3.54. The Bertz CT molecular complexity index is 585. The van der Waals surface area contributed by atoms with E-state index in [1.807, 2.05) is 0 Å². The van der Waals surface area contributed by atoms with Crippen LogP contribution in [0.3, 0.4) is 0 Å². The van der Waals surface area contributed by atoms with Gasteiger partial charge in [-0.05, 0) is 30.3 Å². The molecule has 0 atom stereocenters. The van der Waals surface area contributed by atoms with E-state index in [9.17, 15) is 13.2 Å². The van der Waals surface area contributed by atoms with Crippen LogP contribution in [0, 0.1) is 0 Å². The van der Waals surface area contributed by atoms with Crippen LogP contribution in [0.4, 0.5) is 18.9 Å². The molecule has 100 valence electrons. The maximum absolute atomic E-state index is 12.4. The highest BCUT2D eigenvalue weighted by molar-refractivity contribution is 7.99. The van der Waals surface area contributed by atoms with Gasteiger partial charge in [0.1, 0.15) is 5.03 Å². The minimum Gasteiger partial charge on any atom is -0.398 e. The summed E-state index contributed by atoms with van der Waals surface area (Å²) in [6.45, 7) is 0. The number of anilines is 1. The molecule has 0 aliphatic heterocycles. The fraction of sp³-hybridized carbons (Fsp3) is 0.0833. The van der Waals surface area contributed by atoms with Crippen molar-refractivity contribution in [1.29, 1.82) is 0 Å². The molecule has 19 heavy (non-hydrogen) atoms. The number of rotatable bonds is 2. The Kier molecular flexibility index (Phi) is 3.91. The summed E-state index contributed by atoms with van der Waals surface area (Å²) in [5, 5.41) is 0.934. The van der Waals surface area contributed by atoms with Crippen molar-refractivity contribution in [1.82, 2.24) is 4.98 Å². The van der Waals surface area contributed by atoms with Crippen LogP contribution in [0.25, 0.3) is 0 Å². The predicted octanol–water partition coefficient (Wildman–Crippen LogP) is 4.49. The summed E-state index contributed by atoms with van der Waals surface area (Å²) >= 11 is 6.94. The van der Waals surface area contributed by atoms with E-state index in [0.717, 1.165) is 12.3 Å². The molecule has 0 unspecified atom stereocenters. The lowest BCUT2D eigenvalue weighted by Crippen LogP contribution is -2.05. The second-order valence-corrected chi connectivity index (χ2v) is 5.17. The van der Waals surface area contributed by atoms with Gasteiger partial charge < -0.3 is 5.73 Å². The standard InChI is InChI=1S/C12H8ClF3N2S/c13-8-2-3-10(9(17)5-8)19-11-4-1-7(6-18-11)12(14,15)16/h1-6H,17H2. The van der Waals surface area contributed by atoms with E-state index in [4.69, 9.17) is 17.3 Å². The van der Waals surface area contributed by atoms with Gasteiger partial charge in [0.05, 0.1) is 5.56 Å². The summed E-state index contributed by atoms with van der Waals surface area (Å²) in [6, 6.07) is 7.23. The molecule has 1 aromatic carbocycles. The van der Waals surface area contributed by atoms with Gasteiger partial charge in [0.2, 0.25) is 0 Å². The molecule has 1 heterocycles. The zero-order valence-corrected chi connectivity index (χ0v) is 11.0. The van der Waals surface area contributed by atoms with Gasteiger partial charge in [-0.25, -0.2) is 4.98 Å². The van der Waals surface area contributed by atoms with Crippen LogP contribution >= 0.6 is 23.4 Å². The Balaban J connectivity index is 2.20. The van der Waals surface area contributed by atoms with Crippen LogP contribution in [0.2, 0.25) is 5.02 Å². The van der Waals surface area contributed by atoms with Gasteiger partial charge in [0.15, 0.2) is 0 Å². The maximum atomic E-state index is 12.4. The lowest BCUT2D eigenvalue weighted by Gasteiger charge is -2.08. The molecule has 7 heteroatoms. The highest BCUT2D eigenvalue weighted by Gasteiger charge is 2.30. The largest absolute Gasteiger partial charge is 0.417 e. The number of hydrogen-bond acceptors (Lipinski definition) is 3. The Morgan fingerprint density at radius 3 is 2.42 bits per heavy atom. The number of nitrogens with zero attached hydrogens (tertiary/aromatic N) is 1. The monoisotopic (exact) mass is 304 g/mol. The quantitative estimate of drug-likeness (QED) is 0.831. The van der Waals surface area contributed by atoms with Crippen molar-refractivity contribution in [2.24, 2.45) is 0 Å². The van der Waals surface area contributed by atoms with Crippen LogP contribution in [0.15, 0.2) is 46.5 Å². The Hall–Kier alpha value is -1.40. The van der Waals surface area contributed by atoms with Crippen LogP contribution in [-0.4, -0.2) is 4.98 Å². The van der Waals surface area contributed by atoms with Crippen molar-refractivity contribution in [2.75, 3.05) is 5.73 Å². The molecule has 0 aliphatic rings. The molecule has 2 N–H and O–H groups in total. The first-order valence-electron chi connectivity index (χ1n) is 5.12. The third-order valence-electron chi connectivity index (χ3n) is 2.25. The number of aromatic nitrogens is 1.